The topological polar surface area (TPSA) is 181 Å². The van der Waals surface area contributed by atoms with Crippen molar-refractivity contribution in [1.82, 2.24) is 19.5 Å². The van der Waals surface area contributed by atoms with Crippen LogP contribution in [0.25, 0.3) is 10.8 Å². The van der Waals surface area contributed by atoms with Crippen molar-refractivity contribution in [3.63, 3.8) is 0 Å². The van der Waals surface area contributed by atoms with Crippen LogP contribution in [-0.2, 0) is 19.6 Å². The monoisotopic (exact) mass is 571 g/mol. The molecule has 1 saturated heterocycles. The number of hydrogen-bond donors (Lipinski definition) is 3. The third kappa shape index (κ3) is 6.96. The molecule has 14 heteroatoms. The highest BCUT2D eigenvalue weighted by Gasteiger charge is 2.34. The number of piperazine rings is 1. The third-order valence-electron chi connectivity index (χ3n) is 6.22. The van der Waals surface area contributed by atoms with E-state index in [4.69, 9.17) is 11.5 Å². The summed E-state index contributed by atoms with van der Waals surface area (Å²) in [5, 5.41) is 6.29. The molecule has 1 aliphatic rings. The van der Waals surface area contributed by atoms with Crippen LogP contribution in [0.2, 0.25) is 0 Å². The fourth-order valence-corrected chi connectivity index (χ4v) is 6.26. The molecule has 0 radical (unpaired) electrons. The number of rotatable bonds is 11. The summed E-state index contributed by atoms with van der Waals surface area (Å²) in [5.74, 6) is -1.45. The van der Waals surface area contributed by atoms with Crippen LogP contribution in [0.3, 0.4) is 0 Å². The SMILES string of the molecule is NC(N)=NCCC[C@H](NC(=O)CN1CCN(S(=O)(=O)c2ccc3ccccc3c2)CC1=O)C(=O)c1nccs1. The predicted octanol–water partition coefficient (Wildman–Crippen LogP) is 0.551. The van der Waals surface area contributed by atoms with Crippen molar-refractivity contribution in [2.75, 3.05) is 32.7 Å². The number of thiazole rings is 1. The van der Waals surface area contributed by atoms with Gasteiger partial charge in [-0.1, -0.05) is 30.3 Å². The fraction of sp³-hybridized carbons (Fsp3) is 0.320. The van der Waals surface area contributed by atoms with Crippen molar-refractivity contribution in [1.29, 1.82) is 0 Å². The minimum absolute atomic E-state index is 0.0359. The number of carbonyl (C=O) groups excluding carboxylic acids is 3. The van der Waals surface area contributed by atoms with Gasteiger partial charge in [0.25, 0.3) is 0 Å². The molecule has 0 aliphatic carbocycles. The second kappa shape index (κ2) is 12.3. The summed E-state index contributed by atoms with van der Waals surface area (Å²) < 4.78 is 27.5. The van der Waals surface area contributed by atoms with Gasteiger partial charge in [-0.05, 0) is 35.7 Å². The Balaban J connectivity index is 1.37. The van der Waals surface area contributed by atoms with Crippen LogP contribution in [0.4, 0.5) is 0 Å². The average molecular weight is 572 g/mol. The highest BCUT2D eigenvalue weighted by molar-refractivity contribution is 7.89. The van der Waals surface area contributed by atoms with E-state index in [2.05, 4.69) is 15.3 Å². The first-order valence-electron chi connectivity index (χ1n) is 12.2. The predicted molar refractivity (Wildman–Crippen MR) is 148 cm³/mol. The summed E-state index contributed by atoms with van der Waals surface area (Å²) in [6, 6.07) is 11.4. The van der Waals surface area contributed by atoms with Crippen LogP contribution >= 0.6 is 11.3 Å². The van der Waals surface area contributed by atoms with Crippen molar-refractivity contribution < 1.29 is 22.8 Å². The summed E-state index contributed by atoms with van der Waals surface area (Å²) in [7, 11) is -3.91. The Kier molecular flexibility index (Phi) is 8.89. The van der Waals surface area contributed by atoms with E-state index in [1.165, 1.54) is 17.2 Å². The van der Waals surface area contributed by atoms with Crippen LogP contribution < -0.4 is 16.8 Å². The van der Waals surface area contributed by atoms with Crippen molar-refractivity contribution >= 4 is 55.7 Å². The summed E-state index contributed by atoms with van der Waals surface area (Å²) in [6.45, 7) is -0.338. The Morgan fingerprint density at radius 3 is 2.59 bits per heavy atom. The average Bonchev–Trinajstić information content (AvgIpc) is 3.46. The Labute approximate surface area is 229 Å². The number of benzene rings is 2. The highest BCUT2D eigenvalue weighted by atomic mass is 32.2. The van der Waals surface area contributed by atoms with Crippen molar-refractivity contribution in [2.24, 2.45) is 16.5 Å². The van der Waals surface area contributed by atoms with E-state index >= 15 is 0 Å². The molecule has 12 nitrogen and oxygen atoms in total. The smallest absolute Gasteiger partial charge is 0.243 e. The van der Waals surface area contributed by atoms with E-state index in [9.17, 15) is 22.8 Å². The van der Waals surface area contributed by atoms with Crippen molar-refractivity contribution in [3.05, 3.63) is 59.0 Å². The van der Waals surface area contributed by atoms with Gasteiger partial charge in [-0.15, -0.1) is 11.3 Å². The quantitative estimate of drug-likeness (QED) is 0.129. The molecular weight excluding hydrogens is 542 g/mol. The lowest BCUT2D eigenvalue weighted by atomic mass is 10.1. The molecule has 1 atom stereocenters. The summed E-state index contributed by atoms with van der Waals surface area (Å²) in [5.41, 5.74) is 10.7. The lowest BCUT2D eigenvalue weighted by molar-refractivity contribution is -0.138. The fourth-order valence-electron chi connectivity index (χ4n) is 4.22. The van der Waals surface area contributed by atoms with E-state index in [-0.39, 0.29) is 60.8 Å². The number of Topliss-reactive ketones (excluding diaryl/α,β-unsaturated/α-hetero) is 1. The minimum Gasteiger partial charge on any atom is -0.370 e. The highest BCUT2D eigenvalue weighted by Crippen LogP contribution is 2.23. The maximum Gasteiger partial charge on any atom is 0.243 e. The van der Waals surface area contributed by atoms with E-state index in [1.807, 2.05) is 24.3 Å². The molecule has 0 saturated carbocycles. The second-order valence-electron chi connectivity index (χ2n) is 8.93. The zero-order chi connectivity index (χ0) is 28.0. The summed E-state index contributed by atoms with van der Waals surface area (Å²) in [6.07, 6.45) is 2.21. The molecular formula is C25H29N7O5S2. The zero-order valence-electron chi connectivity index (χ0n) is 21.0. The number of amides is 2. The van der Waals surface area contributed by atoms with Crippen LogP contribution in [0.1, 0.15) is 22.6 Å². The van der Waals surface area contributed by atoms with Crippen molar-refractivity contribution in [3.8, 4) is 0 Å². The van der Waals surface area contributed by atoms with Crippen LogP contribution in [0, 0.1) is 0 Å². The molecule has 2 heterocycles. The number of nitrogens with two attached hydrogens (primary N) is 2. The van der Waals surface area contributed by atoms with Crippen molar-refractivity contribution in [2.45, 2.75) is 23.8 Å². The third-order valence-corrected chi connectivity index (χ3v) is 8.85. The van der Waals surface area contributed by atoms with Gasteiger partial charge in [0.1, 0.15) is 0 Å². The molecule has 1 aliphatic heterocycles. The summed E-state index contributed by atoms with van der Waals surface area (Å²) in [4.78, 5) is 47.9. The van der Waals surface area contributed by atoms with E-state index < -0.39 is 27.9 Å². The van der Waals surface area contributed by atoms with Crippen LogP contribution in [0.5, 0.6) is 0 Å². The van der Waals surface area contributed by atoms with Gasteiger partial charge in [-0.3, -0.25) is 19.4 Å². The second-order valence-corrected chi connectivity index (χ2v) is 11.8. The Morgan fingerprint density at radius 2 is 1.90 bits per heavy atom. The van der Waals surface area contributed by atoms with Gasteiger partial charge in [-0.2, -0.15) is 4.31 Å². The number of aliphatic imine (C=N–C) groups is 1. The number of carbonyl (C=O) groups is 3. The molecule has 5 N–H and O–H groups in total. The number of aromatic nitrogens is 1. The van der Waals surface area contributed by atoms with Gasteiger partial charge in [0.15, 0.2) is 11.0 Å². The Morgan fingerprint density at radius 1 is 1.13 bits per heavy atom. The minimum atomic E-state index is -3.91. The van der Waals surface area contributed by atoms with E-state index in [1.54, 1.807) is 17.5 Å². The maximum atomic E-state index is 13.2. The first-order valence-corrected chi connectivity index (χ1v) is 14.5. The normalized spacial score (nSPS) is 15.2. The number of ketones is 1. The number of nitrogens with one attached hydrogen (secondary N) is 1. The van der Waals surface area contributed by atoms with Crippen LogP contribution in [-0.4, -0.2) is 84.9 Å². The number of sulfonamides is 1. The van der Waals surface area contributed by atoms with Gasteiger partial charge >= 0.3 is 0 Å². The van der Waals surface area contributed by atoms with Gasteiger partial charge in [0.2, 0.25) is 27.6 Å². The number of hydrogen-bond acceptors (Lipinski definition) is 8. The van der Waals surface area contributed by atoms with Gasteiger partial charge < -0.3 is 21.7 Å². The molecule has 0 unspecified atom stereocenters. The molecule has 0 spiro atoms. The molecule has 206 valence electrons. The summed E-state index contributed by atoms with van der Waals surface area (Å²) >= 11 is 1.16. The molecule has 1 aromatic heterocycles. The molecule has 39 heavy (non-hydrogen) atoms. The number of fused-ring (bicyclic) bond motifs is 1. The zero-order valence-corrected chi connectivity index (χ0v) is 22.7. The first kappa shape index (κ1) is 28.1. The number of guanidine groups is 1. The van der Waals surface area contributed by atoms with Gasteiger partial charge in [-0.25, -0.2) is 13.4 Å². The largest absolute Gasteiger partial charge is 0.370 e. The van der Waals surface area contributed by atoms with Crippen LogP contribution in [0.15, 0.2) is 63.9 Å². The molecule has 2 aromatic carbocycles. The first-order chi connectivity index (χ1) is 18.6. The van der Waals surface area contributed by atoms with E-state index in [0.717, 1.165) is 26.4 Å². The molecule has 0 bridgehead atoms. The Hall–Kier alpha value is -3.88. The maximum absolute atomic E-state index is 13.2. The lowest BCUT2D eigenvalue weighted by Crippen LogP contribution is -2.55. The number of nitrogens with zero attached hydrogens (tertiary/aromatic N) is 4. The Bertz CT molecular complexity index is 1490. The molecule has 3 aromatic rings. The molecule has 1 fully saturated rings. The standard InChI is InChI=1S/C25H29N7O5S2/c26-25(27)29-9-3-6-20(23(35)24-28-10-13-38-24)30-21(33)15-31-11-12-32(16-22(31)34)39(36,37)19-8-7-17-4-1-2-5-18(17)14-19/h1-2,4-5,7-8,10,13-14,20H,3,6,9,11-12,15-16H2,(H,30,33)(H4,26,27,29)/t20-/m0/s1. The molecule has 4 rings (SSSR count). The molecule has 2 amide bonds. The van der Waals surface area contributed by atoms with Gasteiger partial charge in [0.05, 0.1) is 24.0 Å². The van der Waals surface area contributed by atoms with Gasteiger partial charge in [0, 0.05) is 31.2 Å². The lowest BCUT2D eigenvalue weighted by Gasteiger charge is -2.33. The van der Waals surface area contributed by atoms with E-state index in [0.29, 0.717) is 6.42 Å².